The van der Waals surface area contributed by atoms with Crippen LogP contribution >= 0.6 is 0 Å². The Bertz CT molecular complexity index is 515. The summed E-state index contributed by atoms with van der Waals surface area (Å²) in [4.78, 5) is 4.59. The SMILES string of the molecule is Cc1cc(N=CC2CCCCC2)c(O)c(C(C)(C)C)c1.[O]=[V]. The molecule has 1 aromatic carbocycles. The van der Waals surface area contributed by atoms with Crippen molar-refractivity contribution in [3.05, 3.63) is 23.3 Å². The molecule has 3 nitrogen and oxygen atoms in total. The van der Waals surface area contributed by atoms with Gasteiger partial charge in [0.1, 0.15) is 11.4 Å². The molecule has 0 spiro atoms. The van der Waals surface area contributed by atoms with Gasteiger partial charge in [-0.15, -0.1) is 0 Å². The van der Waals surface area contributed by atoms with Crippen molar-refractivity contribution in [2.45, 2.75) is 65.2 Å². The number of aliphatic imine (C=N–C) groups is 1. The fraction of sp³-hybridized carbons (Fsp3) is 0.611. The van der Waals surface area contributed by atoms with Crippen molar-refractivity contribution in [1.29, 1.82) is 0 Å². The van der Waals surface area contributed by atoms with Crippen LogP contribution in [0.1, 0.15) is 64.0 Å². The Kier molecular flexibility index (Phi) is 7.51. The number of hydrogen-bond acceptors (Lipinski definition) is 3. The van der Waals surface area contributed by atoms with E-state index >= 15 is 0 Å². The Balaban J connectivity index is 0.00000116. The van der Waals surface area contributed by atoms with Gasteiger partial charge in [-0.25, -0.2) is 0 Å². The van der Waals surface area contributed by atoms with Gasteiger partial charge in [-0.3, -0.25) is 4.99 Å². The molecule has 1 aromatic rings. The van der Waals surface area contributed by atoms with Crippen LogP contribution in [0.15, 0.2) is 17.1 Å². The third kappa shape index (κ3) is 5.37. The summed E-state index contributed by atoms with van der Waals surface area (Å²) in [5.41, 5.74) is 2.79. The van der Waals surface area contributed by atoms with Crippen molar-refractivity contribution >= 4 is 11.9 Å². The van der Waals surface area contributed by atoms with Crippen molar-refractivity contribution in [1.82, 2.24) is 0 Å². The number of phenolic OH excluding ortho intramolecular Hbond substituents is 1. The molecule has 2 rings (SSSR count). The summed E-state index contributed by atoms with van der Waals surface area (Å²) in [5, 5.41) is 10.5. The van der Waals surface area contributed by atoms with Crippen LogP contribution in [-0.2, 0) is 26.5 Å². The van der Waals surface area contributed by atoms with Crippen LogP contribution in [0.25, 0.3) is 0 Å². The maximum atomic E-state index is 10.5. The Labute approximate surface area is 143 Å². The van der Waals surface area contributed by atoms with Gasteiger partial charge in [-0.2, -0.15) is 0 Å². The molecule has 0 unspecified atom stereocenters. The van der Waals surface area contributed by atoms with E-state index in [1.807, 2.05) is 6.07 Å². The molecule has 0 saturated heterocycles. The van der Waals surface area contributed by atoms with Crippen LogP contribution in [-0.4, -0.2) is 11.3 Å². The molecule has 22 heavy (non-hydrogen) atoms. The van der Waals surface area contributed by atoms with Gasteiger partial charge in [0, 0.05) is 11.8 Å². The number of hydrogen-bond donors (Lipinski definition) is 1. The number of aromatic hydroxyl groups is 1. The molecular weight excluding hydrogens is 313 g/mol. The molecule has 121 valence electrons. The van der Waals surface area contributed by atoms with Gasteiger partial charge in [0.05, 0.1) is 0 Å². The van der Waals surface area contributed by atoms with Crippen molar-refractivity contribution in [3.63, 3.8) is 0 Å². The standard InChI is InChI=1S/C18H27NO.O.V/c1-13-10-15(18(2,3)4)17(20)16(11-13)19-12-14-8-6-5-7-9-14;;/h10-12,14,20H,5-9H2,1-4H3;;. The molecule has 1 N–H and O–H groups in total. The fourth-order valence-corrected chi connectivity index (χ4v) is 2.90. The van der Waals surface area contributed by atoms with Crippen LogP contribution in [0.3, 0.4) is 0 Å². The normalized spacial score (nSPS) is 16.3. The van der Waals surface area contributed by atoms with Gasteiger partial charge in [0.15, 0.2) is 0 Å². The van der Waals surface area contributed by atoms with Crippen molar-refractivity contribution in [2.24, 2.45) is 10.9 Å². The first-order valence-corrected chi connectivity index (χ1v) is 8.51. The molecule has 0 aliphatic heterocycles. The summed E-state index contributed by atoms with van der Waals surface area (Å²) in [6, 6.07) is 4.04. The Morgan fingerprint density at radius 3 is 2.32 bits per heavy atom. The third-order valence-corrected chi connectivity index (χ3v) is 4.12. The Morgan fingerprint density at radius 1 is 1.18 bits per heavy atom. The zero-order valence-corrected chi connectivity index (χ0v) is 15.5. The van der Waals surface area contributed by atoms with Crippen LogP contribution in [0.2, 0.25) is 0 Å². The molecule has 0 heterocycles. The molecule has 0 aromatic heterocycles. The average molecular weight is 340 g/mol. The van der Waals surface area contributed by atoms with E-state index < -0.39 is 0 Å². The maximum absolute atomic E-state index is 10.5. The van der Waals surface area contributed by atoms with Crippen LogP contribution in [0, 0.1) is 12.8 Å². The second-order valence-corrected chi connectivity index (χ2v) is 7.11. The van der Waals surface area contributed by atoms with Gasteiger partial charge in [0.25, 0.3) is 0 Å². The van der Waals surface area contributed by atoms with Crippen molar-refractivity contribution < 1.29 is 26.1 Å². The fourth-order valence-electron chi connectivity index (χ4n) is 2.90. The third-order valence-electron chi connectivity index (χ3n) is 4.12. The minimum atomic E-state index is -0.0643. The molecule has 0 bridgehead atoms. The molecular formula is C18H27NO2V. The summed E-state index contributed by atoms with van der Waals surface area (Å²) < 4.78 is 8.19. The van der Waals surface area contributed by atoms with Crippen LogP contribution in [0.5, 0.6) is 5.75 Å². The van der Waals surface area contributed by atoms with Gasteiger partial charge in [-0.05, 0) is 42.7 Å². The summed E-state index contributed by atoms with van der Waals surface area (Å²) >= 11 is 1.06. The van der Waals surface area contributed by atoms with E-state index in [1.54, 1.807) is 0 Å². The number of phenols is 1. The summed E-state index contributed by atoms with van der Waals surface area (Å²) in [7, 11) is 0. The predicted octanol–water partition coefficient (Wildman–Crippen LogP) is 5.16. The molecule has 0 amide bonds. The van der Waals surface area contributed by atoms with E-state index in [0.717, 1.165) is 34.2 Å². The topological polar surface area (TPSA) is 49.7 Å². The predicted molar refractivity (Wildman–Crippen MR) is 87.0 cm³/mol. The monoisotopic (exact) mass is 340 g/mol. The second kappa shape index (κ2) is 8.64. The zero-order chi connectivity index (χ0) is 16.8. The summed E-state index contributed by atoms with van der Waals surface area (Å²) in [6.45, 7) is 8.43. The van der Waals surface area contributed by atoms with E-state index in [9.17, 15) is 5.11 Å². The second-order valence-electron chi connectivity index (χ2n) is 7.11. The van der Waals surface area contributed by atoms with E-state index in [-0.39, 0.29) is 5.41 Å². The molecule has 1 aliphatic rings. The van der Waals surface area contributed by atoms with E-state index in [4.69, 9.17) is 3.67 Å². The molecule has 1 aliphatic carbocycles. The zero-order valence-electron chi connectivity index (χ0n) is 14.1. The number of benzene rings is 1. The van der Waals surface area contributed by atoms with Crippen molar-refractivity contribution in [2.75, 3.05) is 0 Å². The Morgan fingerprint density at radius 2 is 1.77 bits per heavy atom. The minimum absolute atomic E-state index is 0.0643. The number of aryl methyl sites for hydroxylation is 1. The van der Waals surface area contributed by atoms with E-state index in [0.29, 0.717) is 11.7 Å². The average Bonchev–Trinajstić information content (AvgIpc) is 2.50. The van der Waals surface area contributed by atoms with Crippen LogP contribution in [0.4, 0.5) is 5.69 Å². The van der Waals surface area contributed by atoms with Crippen LogP contribution < -0.4 is 0 Å². The molecule has 1 fully saturated rings. The molecule has 4 heteroatoms. The van der Waals surface area contributed by atoms with E-state index in [2.05, 4.69) is 45.0 Å². The van der Waals surface area contributed by atoms with Gasteiger partial charge >= 0.3 is 21.0 Å². The number of nitrogens with zero attached hydrogens (tertiary/aromatic N) is 1. The van der Waals surface area contributed by atoms with Gasteiger partial charge in [-0.1, -0.05) is 46.1 Å². The summed E-state index contributed by atoms with van der Waals surface area (Å²) in [6.07, 6.45) is 8.51. The van der Waals surface area contributed by atoms with E-state index in [1.165, 1.54) is 32.1 Å². The quantitative estimate of drug-likeness (QED) is 0.756. The van der Waals surface area contributed by atoms with Crippen molar-refractivity contribution in [3.8, 4) is 5.75 Å². The first-order valence-electron chi connectivity index (χ1n) is 7.94. The molecule has 1 saturated carbocycles. The molecule has 0 radical (unpaired) electrons. The number of rotatable bonds is 2. The first-order chi connectivity index (χ1) is 10.4. The first kappa shape index (κ1) is 19.1. The molecule has 0 atom stereocenters. The Hall–Kier alpha value is -0.926. The van der Waals surface area contributed by atoms with Gasteiger partial charge in [0.2, 0.25) is 0 Å². The van der Waals surface area contributed by atoms with Gasteiger partial charge < -0.3 is 5.11 Å². The summed E-state index contributed by atoms with van der Waals surface area (Å²) in [5.74, 6) is 0.928.